The van der Waals surface area contributed by atoms with Crippen molar-refractivity contribution in [1.82, 2.24) is 10.2 Å². The van der Waals surface area contributed by atoms with Crippen molar-refractivity contribution in [2.45, 2.75) is 38.5 Å². The van der Waals surface area contributed by atoms with Crippen LogP contribution in [0.15, 0.2) is 0 Å². The summed E-state index contributed by atoms with van der Waals surface area (Å²) in [6.07, 6.45) is -0.141. The Labute approximate surface area is 106 Å². The number of amides is 2. The molecule has 1 saturated heterocycles. The number of carboxylic acids is 1. The van der Waals surface area contributed by atoms with Gasteiger partial charge in [0, 0.05) is 26.1 Å². The van der Waals surface area contributed by atoms with E-state index in [4.69, 9.17) is 14.9 Å². The summed E-state index contributed by atoms with van der Waals surface area (Å²) in [5, 5.41) is 20.0. The third-order valence-electron chi connectivity index (χ3n) is 2.72. The van der Waals surface area contributed by atoms with Crippen LogP contribution in [0.5, 0.6) is 0 Å². The average Bonchev–Trinajstić information content (AvgIpc) is 2.26. The second-order valence-corrected chi connectivity index (χ2v) is 4.51. The average molecular weight is 260 g/mol. The SMILES string of the molecule is CC1CN(C(=O)N[C@@H](CCO)C(=O)O)CC(C)O1. The molecule has 18 heavy (non-hydrogen) atoms. The van der Waals surface area contributed by atoms with E-state index in [2.05, 4.69) is 5.32 Å². The highest BCUT2D eigenvalue weighted by Crippen LogP contribution is 2.10. The van der Waals surface area contributed by atoms with Gasteiger partial charge in [-0.25, -0.2) is 9.59 Å². The molecule has 7 heteroatoms. The molecule has 1 rings (SSSR count). The first-order valence-corrected chi connectivity index (χ1v) is 5.98. The van der Waals surface area contributed by atoms with Gasteiger partial charge in [-0.1, -0.05) is 0 Å². The highest BCUT2D eigenvalue weighted by atomic mass is 16.5. The monoisotopic (exact) mass is 260 g/mol. The standard InChI is InChI=1S/C11H20N2O5/c1-7-5-13(6-8(2)18-7)11(17)12-9(3-4-14)10(15)16/h7-9,14H,3-6H2,1-2H3,(H,12,17)(H,15,16)/t7?,8?,9-/m0/s1. The lowest BCUT2D eigenvalue weighted by Gasteiger charge is -2.35. The van der Waals surface area contributed by atoms with E-state index < -0.39 is 18.0 Å². The summed E-state index contributed by atoms with van der Waals surface area (Å²) in [6, 6.07) is -1.49. The lowest BCUT2D eigenvalue weighted by Crippen LogP contribution is -2.54. The molecule has 7 nitrogen and oxygen atoms in total. The predicted molar refractivity (Wildman–Crippen MR) is 63.2 cm³/mol. The van der Waals surface area contributed by atoms with E-state index in [-0.39, 0.29) is 25.2 Å². The summed E-state index contributed by atoms with van der Waals surface area (Å²) in [5.41, 5.74) is 0. The smallest absolute Gasteiger partial charge is 0.326 e. The zero-order valence-corrected chi connectivity index (χ0v) is 10.6. The number of carbonyl (C=O) groups is 2. The van der Waals surface area contributed by atoms with Gasteiger partial charge in [0.2, 0.25) is 0 Å². The molecule has 0 spiro atoms. The molecule has 1 heterocycles. The van der Waals surface area contributed by atoms with Crippen LogP contribution >= 0.6 is 0 Å². The first-order valence-electron chi connectivity index (χ1n) is 5.98. The normalized spacial score (nSPS) is 25.6. The van der Waals surface area contributed by atoms with Gasteiger partial charge >= 0.3 is 12.0 Å². The molecule has 2 unspecified atom stereocenters. The minimum absolute atomic E-state index is 0.00345. The second kappa shape index (κ2) is 6.55. The third kappa shape index (κ3) is 4.15. The molecule has 0 aromatic heterocycles. The topological polar surface area (TPSA) is 99.1 Å². The van der Waals surface area contributed by atoms with Crippen molar-refractivity contribution in [2.24, 2.45) is 0 Å². The molecule has 104 valence electrons. The van der Waals surface area contributed by atoms with Crippen molar-refractivity contribution < 1.29 is 24.5 Å². The summed E-state index contributed by atoms with van der Waals surface area (Å²) in [4.78, 5) is 24.3. The Hall–Kier alpha value is -1.34. The number of nitrogens with one attached hydrogen (secondary N) is 1. The van der Waals surface area contributed by atoms with E-state index in [1.54, 1.807) is 0 Å². The van der Waals surface area contributed by atoms with Gasteiger partial charge in [-0.15, -0.1) is 0 Å². The van der Waals surface area contributed by atoms with Crippen LogP contribution in [0.4, 0.5) is 4.79 Å². The fourth-order valence-electron chi connectivity index (χ4n) is 1.97. The number of aliphatic hydroxyl groups excluding tert-OH is 1. The maximum Gasteiger partial charge on any atom is 0.326 e. The van der Waals surface area contributed by atoms with E-state index in [0.29, 0.717) is 13.1 Å². The number of urea groups is 1. The van der Waals surface area contributed by atoms with Gasteiger partial charge in [0.1, 0.15) is 6.04 Å². The highest BCUT2D eigenvalue weighted by Gasteiger charge is 2.28. The van der Waals surface area contributed by atoms with Crippen LogP contribution in [0.1, 0.15) is 20.3 Å². The molecule has 2 amide bonds. The predicted octanol–water partition coefficient (Wildman–Crippen LogP) is -0.359. The Morgan fingerprint density at radius 1 is 1.39 bits per heavy atom. The van der Waals surface area contributed by atoms with E-state index in [1.807, 2.05) is 13.8 Å². The first-order chi connectivity index (χ1) is 8.43. The van der Waals surface area contributed by atoms with Crippen molar-refractivity contribution in [3.8, 4) is 0 Å². The molecular weight excluding hydrogens is 240 g/mol. The van der Waals surface area contributed by atoms with Gasteiger partial charge in [-0.05, 0) is 13.8 Å². The molecule has 0 saturated carbocycles. The number of nitrogens with zero attached hydrogens (tertiary/aromatic N) is 1. The van der Waals surface area contributed by atoms with Crippen molar-refractivity contribution in [3.05, 3.63) is 0 Å². The molecule has 0 aromatic rings. The van der Waals surface area contributed by atoms with Crippen LogP contribution in [0.2, 0.25) is 0 Å². The van der Waals surface area contributed by atoms with Crippen LogP contribution < -0.4 is 5.32 Å². The lowest BCUT2D eigenvalue weighted by atomic mass is 10.2. The van der Waals surface area contributed by atoms with Gasteiger partial charge in [0.15, 0.2) is 0 Å². The van der Waals surface area contributed by atoms with E-state index >= 15 is 0 Å². The number of hydrogen-bond acceptors (Lipinski definition) is 4. The third-order valence-corrected chi connectivity index (χ3v) is 2.72. The number of hydrogen-bond donors (Lipinski definition) is 3. The van der Waals surface area contributed by atoms with Crippen LogP contribution in [-0.4, -0.2) is 65.1 Å². The Bertz CT molecular complexity index is 300. The van der Waals surface area contributed by atoms with Gasteiger partial charge < -0.3 is 25.2 Å². The summed E-state index contributed by atoms with van der Waals surface area (Å²) in [7, 11) is 0. The van der Waals surface area contributed by atoms with Gasteiger partial charge in [-0.3, -0.25) is 0 Å². The molecule has 1 aliphatic rings. The molecule has 3 N–H and O–H groups in total. The van der Waals surface area contributed by atoms with Gasteiger partial charge in [0.05, 0.1) is 12.2 Å². The lowest BCUT2D eigenvalue weighted by molar-refractivity contribution is -0.139. The maximum absolute atomic E-state index is 11.9. The molecule has 0 bridgehead atoms. The number of morpholine rings is 1. The molecule has 0 aromatic carbocycles. The van der Waals surface area contributed by atoms with Crippen LogP contribution in [-0.2, 0) is 9.53 Å². The molecule has 0 aliphatic carbocycles. The van der Waals surface area contributed by atoms with Crippen molar-refractivity contribution >= 4 is 12.0 Å². The minimum Gasteiger partial charge on any atom is -0.480 e. The summed E-state index contributed by atoms with van der Waals surface area (Å²) in [6.45, 7) is 4.30. The Kier molecular flexibility index (Phi) is 5.36. The van der Waals surface area contributed by atoms with Gasteiger partial charge in [-0.2, -0.15) is 0 Å². The Morgan fingerprint density at radius 2 is 1.94 bits per heavy atom. The number of carbonyl (C=O) groups excluding carboxylic acids is 1. The number of aliphatic carboxylic acids is 1. The Morgan fingerprint density at radius 3 is 2.39 bits per heavy atom. The Balaban J connectivity index is 2.55. The number of ether oxygens (including phenoxy) is 1. The van der Waals surface area contributed by atoms with Crippen molar-refractivity contribution in [3.63, 3.8) is 0 Å². The number of carboxylic acid groups (broad SMARTS) is 1. The quantitative estimate of drug-likeness (QED) is 0.641. The fraction of sp³-hybridized carbons (Fsp3) is 0.818. The highest BCUT2D eigenvalue weighted by molar-refractivity contribution is 5.82. The van der Waals surface area contributed by atoms with Crippen LogP contribution in [0.25, 0.3) is 0 Å². The fourth-order valence-corrected chi connectivity index (χ4v) is 1.97. The maximum atomic E-state index is 11.9. The molecule has 3 atom stereocenters. The summed E-state index contributed by atoms with van der Waals surface area (Å²) >= 11 is 0. The summed E-state index contributed by atoms with van der Waals surface area (Å²) < 4.78 is 5.49. The number of rotatable bonds is 4. The van der Waals surface area contributed by atoms with E-state index in [9.17, 15) is 9.59 Å². The molecule has 1 aliphatic heterocycles. The zero-order chi connectivity index (χ0) is 13.7. The van der Waals surface area contributed by atoms with E-state index in [1.165, 1.54) is 4.90 Å². The molecule has 0 radical (unpaired) electrons. The van der Waals surface area contributed by atoms with Gasteiger partial charge in [0.25, 0.3) is 0 Å². The zero-order valence-electron chi connectivity index (χ0n) is 10.6. The second-order valence-electron chi connectivity index (χ2n) is 4.51. The van der Waals surface area contributed by atoms with E-state index in [0.717, 1.165) is 0 Å². The summed E-state index contributed by atoms with van der Waals surface area (Å²) in [5.74, 6) is -1.15. The minimum atomic E-state index is -1.15. The molecule has 1 fully saturated rings. The number of aliphatic hydroxyl groups is 1. The van der Waals surface area contributed by atoms with Crippen molar-refractivity contribution in [2.75, 3.05) is 19.7 Å². The van der Waals surface area contributed by atoms with Crippen LogP contribution in [0.3, 0.4) is 0 Å². The van der Waals surface area contributed by atoms with Crippen molar-refractivity contribution in [1.29, 1.82) is 0 Å². The van der Waals surface area contributed by atoms with Crippen LogP contribution in [0, 0.1) is 0 Å². The first kappa shape index (κ1) is 14.7. The largest absolute Gasteiger partial charge is 0.480 e. The molecular formula is C11H20N2O5.